The highest BCUT2D eigenvalue weighted by atomic mass is 16.7. The Morgan fingerprint density at radius 1 is 1.12 bits per heavy atom. The van der Waals surface area contributed by atoms with Crippen molar-refractivity contribution in [3.05, 3.63) is 0 Å². The van der Waals surface area contributed by atoms with E-state index in [4.69, 9.17) is 19.3 Å². The average Bonchev–Trinajstić information content (AvgIpc) is 2.23. The molecule has 0 aliphatic carbocycles. The zero-order valence-corrected chi connectivity index (χ0v) is 9.60. The number of hydrogen-bond donors (Lipinski definition) is 1. The molecule has 0 amide bonds. The molecule has 6 heteroatoms. The quantitative estimate of drug-likeness (QED) is 0.469. The van der Waals surface area contributed by atoms with E-state index in [0.717, 1.165) is 0 Å². The van der Waals surface area contributed by atoms with Crippen LogP contribution < -0.4 is 0 Å². The molecule has 0 aliphatic rings. The van der Waals surface area contributed by atoms with E-state index < -0.39 is 18.2 Å². The van der Waals surface area contributed by atoms with Crippen LogP contribution >= 0.6 is 0 Å². The maximum Gasteiger partial charge on any atom is 0.306 e. The molecule has 0 atom stereocenters. The predicted molar refractivity (Wildman–Crippen MR) is 54.9 cm³/mol. The molecule has 0 saturated carbocycles. The van der Waals surface area contributed by atoms with Crippen molar-refractivity contribution in [2.24, 2.45) is 0 Å². The van der Waals surface area contributed by atoms with Crippen LogP contribution in [0, 0.1) is 0 Å². The molecule has 0 spiro atoms. The van der Waals surface area contributed by atoms with Crippen LogP contribution in [0.3, 0.4) is 0 Å². The summed E-state index contributed by atoms with van der Waals surface area (Å²) >= 11 is 0. The van der Waals surface area contributed by atoms with Crippen LogP contribution in [-0.2, 0) is 23.8 Å². The molecule has 1 N–H and O–H groups in total. The minimum Gasteiger partial charge on any atom is -0.481 e. The minimum absolute atomic E-state index is 0.0138. The van der Waals surface area contributed by atoms with Gasteiger partial charge in [0.25, 0.3) is 0 Å². The van der Waals surface area contributed by atoms with Crippen molar-refractivity contribution < 1.29 is 28.9 Å². The standard InChI is InChI=1S/C10H18O6/c1-3-14-10(15-4-2)7-16-9(13)6-5-8(11)12/h10H,3-7H2,1-2H3,(H,11,12). The lowest BCUT2D eigenvalue weighted by Gasteiger charge is -2.16. The fraction of sp³-hybridized carbons (Fsp3) is 0.800. The number of esters is 1. The summed E-state index contributed by atoms with van der Waals surface area (Å²) < 4.78 is 15.1. The maximum atomic E-state index is 11.1. The van der Waals surface area contributed by atoms with E-state index >= 15 is 0 Å². The molecule has 0 aromatic rings. The molecule has 0 saturated heterocycles. The van der Waals surface area contributed by atoms with Crippen LogP contribution in [0.15, 0.2) is 0 Å². The predicted octanol–water partition coefficient (Wildman–Crippen LogP) is 0.793. The fourth-order valence-electron chi connectivity index (χ4n) is 0.958. The smallest absolute Gasteiger partial charge is 0.306 e. The van der Waals surface area contributed by atoms with Gasteiger partial charge in [-0.3, -0.25) is 9.59 Å². The first-order valence-electron chi connectivity index (χ1n) is 5.20. The molecule has 16 heavy (non-hydrogen) atoms. The average molecular weight is 234 g/mol. The Bertz CT molecular complexity index is 209. The molecule has 0 aliphatic heterocycles. The van der Waals surface area contributed by atoms with Crippen molar-refractivity contribution in [1.29, 1.82) is 0 Å². The van der Waals surface area contributed by atoms with Crippen LogP contribution in [0.25, 0.3) is 0 Å². The van der Waals surface area contributed by atoms with E-state index in [-0.39, 0.29) is 19.4 Å². The summed E-state index contributed by atoms with van der Waals surface area (Å²) in [6.07, 6.45) is -0.948. The van der Waals surface area contributed by atoms with Gasteiger partial charge in [-0.2, -0.15) is 0 Å². The summed E-state index contributed by atoms with van der Waals surface area (Å²) in [5.74, 6) is -1.59. The second-order valence-electron chi connectivity index (χ2n) is 2.92. The summed E-state index contributed by atoms with van der Waals surface area (Å²) in [6, 6.07) is 0. The summed E-state index contributed by atoms with van der Waals surface area (Å²) in [4.78, 5) is 21.3. The van der Waals surface area contributed by atoms with Gasteiger partial charge in [0.05, 0.1) is 12.8 Å². The van der Waals surface area contributed by atoms with Crippen molar-refractivity contribution in [3.8, 4) is 0 Å². The topological polar surface area (TPSA) is 82.1 Å². The van der Waals surface area contributed by atoms with Crippen molar-refractivity contribution in [2.45, 2.75) is 33.0 Å². The highest BCUT2D eigenvalue weighted by Crippen LogP contribution is 1.99. The Kier molecular flexibility index (Phi) is 8.46. The number of carbonyl (C=O) groups is 2. The largest absolute Gasteiger partial charge is 0.481 e. The van der Waals surface area contributed by atoms with E-state index in [9.17, 15) is 9.59 Å². The summed E-state index contributed by atoms with van der Waals surface area (Å²) in [6.45, 7) is 4.51. The third kappa shape index (κ3) is 8.19. The summed E-state index contributed by atoms with van der Waals surface area (Å²) in [5.41, 5.74) is 0. The first-order valence-corrected chi connectivity index (χ1v) is 5.20. The molecular weight excluding hydrogens is 216 g/mol. The van der Waals surface area contributed by atoms with E-state index in [1.54, 1.807) is 13.8 Å². The first kappa shape index (κ1) is 14.9. The maximum absolute atomic E-state index is 11.1. The molecule has 94 valence electrons. The third-order valence-electron chi connectivity index (χ3n) is 1.63. The molecule has 0 rings (SSSR count). The van der Waals surface area contributed by atoms with Gasteiger partial charge < -0.3 is 19.3 Å². The molecular formula is C10H18O6. The second-order valence-corrected chi connectivity index (χ2v) is 2.92. The minimum atomic E-state index is -1.02. The van der Waals surface area contributed by atoms with E-state index in [0.29, 0.717) is 13.2 Å². The number of ether oxygens (including phenoxy) is 3. The highest BCUT2D eigenvalue weighted by Gasteiger charge is 2.12. The van der Waals surface area contributed by atoms with Gasteiger partial charge in [-0.1, -0.05) is 0 Å². The number of carboxylic acid groups (broad SMARTS) is 1. The summed E-state index contributed by atoms with van der Waals surface area (Å²) in [5, 5.41) is 8.35. The van der Waals surface area contributed by atoms with E-state index in [2.05, 4.69) is 0 Å². The Morgan fingerprint density at radius 2 is 1.69 bits per heavy atom. The van der Waals surface area contributed by atoms with Crippen LogP contribution in [0.1, 0.15) is 26.7 Å². The first-order chi connectivity index (χ1) is 7.60. The van der Waals surface area contributed by atoms with Crippen molar-refractivity contribution in [3.63, 3.8) is 0 Å². The Labute approximate surface area is 94.5 Å². The van der Waals surface area contributed by atoms with Crippen molar-refractivity contribution in [1.82, 2.24) is 0 Å². The Balaban J connectivity index is 3.72. The number of hydrogen-bond acceptors (Lipinski definition) is 5. The van der Waals surface area contributed by atoms with Gasteiger partial charge in [0, 0.05) is 13.2 Å². The number of carboxylic acids is 1. The molecule has 0 heterocycles. The van der Waals surface area contributed by atoms with Crippen LogP contribution in [0.5, 0.6) is 0 Å². The van der Waals surface area contributed by atoms with Gasteiger partial charge in [-0.05, 0) is 13.8 Å². The number of aliphatic carboxylic acids is 1. The molecule has 0 unspecified atom stereocenters. The van der Waals surface area contributed by atoms with E-state index in [1.807, 2.05) is 0 Å². The Hall–Kier alpha value is -1.14. The van der Waals surface area contributed by atoms with Gasteiger partial charge in [0.15, 0.2) is 6.29 Å². The Morgan fingerprint density at radius 3 is 2.12 bits per heavy atom. The third-order valence-corrected chi connectivity index (χ3v) is 1.63. The van der Waals surface area contributed by atoms with Crippen LogP contribution in [0.4, 0.5) is 0 Å². The van der Waals surface area contributed by atoms with Gasteiger partial charge in [0.2, 0.25) is 0 Å². The number of carbonyl (C=O) groups excluding carboxylic acids is 1. The SMILES string of the molecule is CCOC(COC(=O)CCC(=O)O)OCC. The molecule has 0 radical (unpaired) electrons. The highest BCUT2D eigenvalue weighted by molar-refractivity contribution is 5.76. The van der Waals surface area contributed by atoms with Gasteiger partial charge >= 0.3 is 11.9 Å². The molecule has 0 fully saturated rings. The monoisotopic (exact) mass is 234 g/mol. The lowest BCUT2D eigenvalue weighted by atomic mass is 10.3. The zero-order valence-electron chi connectivity index (χ0n) is 9.60. The lowest BCUT2D eigenvalue weighted by molar-refractivity contribution is -0.180. The number of rotatable bonds is 9. The van der Waals surface area contributed by atoms with Gasteiger partial charge in [-0.25, -0.2) is 0 Å². The van der Waals surface area contributed by atoms with Gasteiger partial charge in [-0.15, -0.1) is 0 Å². The molecule has 0 bridgehead atoms. The van der Waals surface area contributed by atoms with Crippen LogP contribution in [0.2, 0.25) is 0 Å². The molecule has 6 nitrogen and oxygen atoms in total. The van der Waals surface area contributed by atoms with Gasteiger partial charge in [0.1, 0.15) is 6.61 Å². The molecule has 0 aromatic heterocycles. The van der Waals surface area contributed by atoms with Crippen LogP contribution in [-0.4, -0.2) is 43.2 Å². The zero-order chi connectivity index (χ0) is 12.4. The summed E-state index contributed by atoms with van der Waals surface area (Å²) in [7, 11) is 0. The molecule has 0 aromatic carbocycles. The fourth-order valence-corrected chi connectivity index (χ4v) is 0.958. The second kappa shape index (κ2) is 9.11. The normalized spacial score (nSPS) is 10.4. The lowest BCUT2D eigenvalue weighted by Crippen LogP contribution is -2.25. The van der Waals surface area contributed by atoms with Crippen molar-refractivity contribution in [2.75, 3.05) is 19.8 Å². The van der Waals surface area contributed by atoms with Crippen molar-refractivity contribution >= 4 is 11.9 Å². The van der Waals surface area contributed by atoms with E-state index in [1.165, 1.54) is 0 Å².